The highest BCUT2D eigenvalue weighted by Crippen LogP contribution is 2.35. The molecule has 3 heteroatoms. The van der Waals surface area contributed by atoms with Crippen LogP contribution in [0.2, 0.25) is 0 Å². The first-order valence-electron chi connectivity index (χ1n) is 6.46. The van der Waals surface area contributed by atoms with E-state index in [4.69, 9.17) is 4.74 Å². The number of ether oxygens (including phenoxy) is 1. The highest BCUT2D eigenvalue weighted by Gasteiger charge is 2.38. The van der Waals surface area contributed by atoms with E-state index in [1.807, 2.05) is 0 Å². The van der Waals surface area contributed by atoms with E-state index in [-0.39, 0.29) is 0 Å². The van der Waals surface area contributed by atoms with E-state index in [1.165, 1.54) is 37.9 Å². The van der Waals surface area contributed by atoms with Crippen molar-refractivity contribution in [3.05, 3.63) is 34.3 Å². The van der Waals surface area contributed by atoms with E-state index in [0.717, 1.165) is 11.1 Å². The molecule has 0 spiro atoms. The third kappa shape index (κ3) is 2.42. The fourth-order valence-corrected chi connectivity index (χ4v) is 3.06. The Kier molecular flexibility index (Phi) is 3.50. The van der Waals surface area contributed by atoms with E-state index in [1.54, 1.807) is 0 Å². The SMILES string of the molecule is Brc1ccc([C@H]2OCC2N2CCCCC2)cc1. The highest BCUT2D eigenvalue weighted by molar-refractivity contribution is 9.10. The van der Waals surface area contributed by atoms with E-state index < -0.39 is 0 Å². The predicted octanol–water partition coefficient (Wildman–Crippen LogP) is 3.37. The van der Waals surface area contributed by atoms with E-state index in [0.29, 0.717) is 12.1 Å². The Balaban J connectivity index is 1.69. The monoisotopic (exact) mass is 295 g/mol. The summed E-state index contributed by atoms with van der Waals surface area (Å²) in [7, 11) is 0. The zero-order valence-corrected chi connectivity index (χ0v) is 11.5. The Labute approximate surface area is 111 Å². The summed E-state index contributed by atoms with van der Waals surface area (Å²) in [4.78, 5) is 2.61. The van der Waals surface area contributed by atoms with Gasteiger partial charge >= 0.3 is 0 Å². The van der Waals surface area contributed by atoms with E-state index in [9.17, 15) is 0 Å². The number of nitrogens with zero attached hydrogens (tertiary/aromatic N) is 1. The molecule has 1 aromatic carbocycles. The van der Waals surface area contributed by atoms with Gasteiger partial charge in [-0.1, -0.05) is 34.5 Å². The normalized spacial score (nSPS) is 29.9. The predicted molar refractivity (Wildman–Crippen MR) is 72.0 cm³/mol. The average Bonchev–Trinajstić information content (AvgIpc) is 2.32. The summed E-state index contributed by atoms with van der Waals surface area (Å²) < 4.78 is 6.90. The lowest BCUT2D eigenvalue weighted by Crippen LogP contribution is -2.52. The number of hydrogen-bond acceptors (Lipinski definition) is 2. The molecule has 2 atom stereocenters. The number of halogens is 1. The van der Waals surface area contributed by atoms with E-state index >= 15 is 0 Å². The molecule has 2 saturated heterocycles. The van der Waals surface area contributed by atoms with Crippen LogP contribution in [-0.4, -0.2) is 30.6 Å². The minimum absolute atomic E-state index is 0.293. The molecule has 0 radical (unpaired) electrons. The minimum atomic E-state index is 0.293. The summed E-state index contributed by atoms with van der Waals surface area (Å²) in [5, 5.41) is 0. The van der Waals surface area contributed by atoms with Crippen molar-refractivity contribution < 1.29 is 4.74 Å². The van der Waals surface area contributed by atoms with Gasteiger partial charge in [0.2, 0.25) is 0 Å². The van der Waals surface area contributed by atoms with Crippen LogP contribution in [0.4, 0.5) is 0 Å². The van der Waals surface area contributed by atoms with Gasteiger partial charge in [-0.15, -0.1) is 0 Å². The molecular weight excluding hydrogens is 278 g/mol. The van der Waals surface area contributed by atoms with Gasteiger partial charge in [0, 0.05) is 4.47 Å². The second kappa shape index (κ2) is 5.09. The zero-order valence-electron chi connectivity index (χ0n) is 9.94. The first-order chi connectivity index (χ1) is 8.34. The fourth-order valence-electron chi connectivity index (χ4n) is 2.80. The van der Waals surface area contributed by atoms with Crippen molar-refractivity contribution in [1.82, 2.24) is 4.90 Å². The maximum Gasteiger partial charge on any atom is 0.100 e. The molecule has 3 rings (SSSR count). The summed E-state index contributed by atoms with van der Waals surface area (Å²) >= 11 is 3.47. The van der Waals surface area contributed by atoms with Crippen LogP contribution in [0.1, 0.15) is 30.9 Å². The second-order valence-electron chi connectivity index (χ2n) is 4.97. The Bertz CT molecular complexity index is 372. The topological polar surface area (TPSA) is 12.5 Å². The Morgan fingerprint density at radius 3 is 2.35 bits per heavy atom. The summed E-state index contributed by atoms with van der Waals surface area (Å²) in [6, 6.07) is 9.15. The maximum atomic E-state index is 5.77. The molecule has 92 valence electrons. The molecule has 2 aliphatic heterocycles. The molecule has 2 nitrogen and oxygen atoms in total. The third-order valence-electron chi connectivity index (χ3n) is 3.85. The van der Waals surface area contributed by atoms with Crippen LogP contribution in [0, 0.1) is 0 Å². The standard InChI is InChI=1S/C14H18BrNO/c15-12-6-4-11(5-7-12)14-13(10-17-14)16-8-2-1-3-9-16/h4-7,13-14H,1-3,8-10H2/t13?,14-/m1/s1. The fraction of sp³-hybridized carbons (Fsp3) is 0.571. The van der Waals surface area contributed by atoms with Crippen molar-refractivity contribution >= 4 is 15.9 Å². The van der Waals surface area contributed by atoms with Gasteiger partial charge in [0.25, 0.3) is 0 Å². The van der Waals surface area contributed by atoms with Crippen molar-refractivity contribution in [1.29, 1.82) is 0 Å². The summed E-state index contributed by atoms with van der Waals surface area (Å²) in [6.07, 6.45) is 4.39. The average molecular weight is 296 g/mol. The highest BCUT2D eigenvalue weighted by atomic mass is 79.9. The van der Waals surface area contributed by atoms with Crippen LogP contribution >= 0.6 is 15.9 Å². The molecule has 2 aliphatic rings. The van der Waals surface area contributed by atoms with Crippen LogP contribution in [-0.2, 0) is 4.74 Å². The molecule has 0 saturated carbocycles. The van der Waals surface area contributed by atoms with Crippen molar-refractivity contribution in [3.63, 3.8) is 0 Å². The van der Waals surface area contributed by atoms with Crippen molar-refractivity contribution in [2.75, 3.05) is 19.7 Å². The molecule has 2 heterocycles. The lowest BCUT2D eigenvalue weighted by atomic mass is 9.95. The number of benzene rings is 1. The first kappa shape index (κ1) is 11.7. The Morgan fingerprint density at radius 1 is 1.06 bits per heavy atom. The first-order valence-corrected chi connectivity index (χ1v) is 7.25. The molecule has 0 aromatic heterocycles. The van der Waals surface area contributed by atoms with Crippen molar-refractivity contribution in [2.45, 2.75) is 31.4 Å². The Hall–Kier alpha value is -0.380. The number of rotatable bonds is 2. The Morgan fingerprint density at radius 2 is 1.76 bits per heavy atom. The number of likely N-dealkylation sites (tertiary alicyclic amines) is 1. The largest absolute Gasteiger partial charge is 0.370 e. The molecule has 1 aromatic rings. The van der Waals surface area contributed by atoms with Gasteiger partial charge in [-0.05, 0) is 43.6 Å². The van der Waals surface area contributed by atoms with Crippen molar-refractivity contribution in [2.24, 2.45) is 0 Å². The molecule has 0 bridgehead atoms. The molecule has 1 unspecified atom stereocenters. The molecule has 0 N–H and O–H groups in total. The van der Waals surface area contributed by atoms with Gasteiger partial charge in [0.15, 0.2) is 0 Å². The van der Waals surface area contributed by atoms with Crippen LogP contribution in [0.3, 0.4) is 0 Å². The van der Waals surface area contributed by atoms with Gasteiger partial charge in [0.1, 0.15) is 6.10 Å². The zero-order chi connectivity index (χ0) is 11.7. The van der Waals surface area contributed by atoms with Gasteiger partial charge < -0.3 is 4.74 Å². The molecule has 0 amide bonds. The van der Waals surface area contributed by atoms with Crippen LogP contribution < -0.4 is 0 Å². The van der Waals surface area contributed by atoms with Gasteiger partial charge in [-0.3, -0.25) is 4.90 Å². The lowest BCUT2D eigenvalue weighted by molar-refractivity contribution is -0.141. The summed E-state index contributed by atoms with van der Waals surface area (Å²) in [5.41, 5.74) is 1.31. The molecule has 0 aliphatic carbocycles. The van der Waals surface area contributed by atoms with Gasteiger partial charge in [-0.25, -0.2) is 0 Å². The molecule has 17 heavy (non-hydrogen) atoms. The maximum absolute atomic E-state index is 5.77. The number of hydrogen-bond donors (Lipinski definition) is 0. The van der Waals surface area contributed by atoms with E-state index in [2.05, 4.69) is 45.1 Å². The minimum Gasteiger partial charge on any atom is -0.370 e. The number of piperidine rings is 1. The molecular formula is C14H18BrNO. The summed E-state index contributed by atoms with van der Waals surface area (Å²) in [6.45, 7) is 3.41. The lowest BCUT2D eigenvalue weighted by Gasteiger charge is -2.45. The summed E-state index contributed by atoms with van der Waals surface area (Å²) in [5.74, 6) is 0. The third-order valence-corrected chi connectivity index (χ3v) is 4.38. The second-order valence-corrected chi connectivity index (χ2v) is 5.89. The molecule has 2 fully saturated rings. The smallest absolute Gasteiger partial charge is 0.100 e. The van der Waals surface area contributed by atoms with Crippen LogP contribution in [0.25, 0.3) is 0 Å². The van der Waals surface area contributed by atoms with Gasteiger partial charge in [0.05, 0.1) is 12.6 Å². The van der Waals surface area contributed by atoms with Crippen LogP contribution in [0.15, 0.2) is 28.7 Å². The van der Waals surface area contributed by atoms with Crippen LogP contribution in [0.5, 0.6) is 0 Å². The van der Waals surface area contributed by atoms with Gasteiger partial charge in [-0.2, -0.15) is 0 Å². The van der Waals surface area contributed by atoms with Crippen molar-refractivity contribution in [3.8, 4) is 0 Å². The quantitative estimate of drug-likeness (QED) is 0.829.